The largest absolute Gasteiger partial charge is 0.153 e. The summed E-state index contributed by atoms with van der Waals surface area (Å²) < 4.78 is 0. The SMILES string of the molecule is C[B]c1cscc1C. The smallest absolute Gasteiger partial charge is 0.149 e. The summed E-state index contributed by atoms with van der Waals surface area (Å²) in [5.41, 5.74) is 2.76. The molecular formula is C6H8BS. The summed E-state index contributed by atoms with van der Waals surface area (Å²) in [5, 5.41) is 4.32. The Bertz CT molecular complexity index is 169. The quantitative estimate of drug-likeness (QED) is 0.495. The highest BCUT2D eigenvalue weighted by Gasteiger charge is 1.93. The molecule has 2 heteroatoms. The van der Waals surface area contributed by atoms with E-state index in [1.807, 2.05) is 0 Å². The van der Waals surface area contributed by atoms with Gasteiger partial charge in [-0.05, 0) is 23.2 Å². The molecule has 0 aliphatic carbocycles. The molecule has 1 radical (unpaired) electrons. The van der Waals surface area contributed by atoms with Crippen LogP contribution >= 0.6 is 11.3 Å². The van der Waals surface area contributed by atoms with Crippen LogP contribution in [0.15, 0.2) is 10.8 Å². The van der Waals surface area contributed by atoms with Gasteiger partial charge in [-0.25, -0.2) is 0 Å². The van der Waals surface area contributed by atoms with Crippen LogP contribution in [0.3, 0.4) is 0 Å². The van der Waals surface area contributed by atoms with E-state index in [4.69, 9.17) is 0 Å². The molecule has 0 saturated heterocycles. The fourth-order valence-electron chi connectivity index (χ4n) is 0.666. The predicted molar refractivity (Wildman–Crippen MR) is 40.3 cm³/mol. The normalized spacial score (nSPS) is 9.25. The molecule has 1 heterocycles. The first-order chi connectivity index (χ1) is 3.84. The Labute approximate surface area is 54.8 Å². The number of thiophene rings is 1. The van der Waals surface area contributed by atoms with Gasteiger partial charge in [0.15, 0.2) is 0 Å². The Balaban J connectivity index is 2.92. The van der Waals surface area contributed by atoms with Crippen molar-refractivity contribution >= 4 is 24.1 Å². The minimum absolute atomic E-state index is 1.37. The van der Waals surface area contributed by atoms with Crippen LogP contribution in [0.5, 0.6) is 0 Å². The molecule has 0 aliphatic rings. The van der Waals surface area contributed by atoms with Crippen LogP contribution in [-0.2, 0) is 0 Å². The van der Waals surface area contributed by atoms with Crippen LogP contribution in [0.4, 0.5) is 0 Å². The van der Waals surface area contributed by atoms with Crippen LogP contribution < -0.4 is 5.46 Å². The van der Waals surface area contributed by atoms with Gasteiger partial charge < -0.3 is 0 Å². The third kappa shape index (κ3) is 0.946. The lowest BCUT2D eigenvalue weighted by molar-refractivity contribution is 1.59. The molecule has 0 N–H and O–H groups in total. The van der Waals surface area contributed by atoms with Gasteiger partial charge in [-0.2, -0.15) is 11.3 Å². The molecule has 0 bridgehead atoms. The van der Waals surface area contributed by atoms with Crippen LogP contribution in [0.2, 0.25) is 6.82 Å². The molecule has 8 heavy (non-hydrogen) atoms. The predicted octanol–water partition coefficient (Wildman–Crippen LogP) is 1.43. The second kappa shape index (κ2) is 2.36. The molecule has 0 saturated carbocycles. The van der Waals surface area contributed by atoms with E-state index in [1.165, 1.54) is 11.0 Å². The molecular weight excluding hydrogens is 115 g/mol. The van der Waals surface area contributed by atoms with Crippen molar-refractivity contribution in [3.05, 3.63) is 16.3 Å². The first-order valence-corrected chi connectivity index (χ1v) is 3.61. The van der Waals surface area contributed by atoms with Crippen LogP contribution in [-0.4, -0.2) is 7.28 Å². The summed E-state index contributed by atoms with van der Waals surface area (Å²) in [4.78, 5) is 0. The fourth-order valence-corrected chi connectivity index (χ4v) is 1.54. The monoisotopic (exact) mass is 123 g/mol. The van der Waals surface area contributed by atoms with E-state index in [0.717, 1.165) is 0 Å². The van der Waals surface area contributed by atoms with E-state index in [9.17, 15) is 0 Å². The summed E-state index contributed by atoms with van der Waals surface area (Å²) in [6.07, 6.45) is 0. The Morgan fingerprint density at radius 2 is 2.25 bits per heavy atom. The van der Waals surface area contributed by atoms with Crippen molar-refractivity contribution in [3.63, 3.8) is 0 Å². The molecule has 0 aliphatic heterocycles. The van der Waals surface area contributed by atoms with Crippen molar-refractivity contribution in [2.75, 3.05) is 0 Å². The summed E-state index contributed by atoms with van der Waals surface area (Å²) in [6.45, 7) is 4.20. The third-order valence-corrected chi connectivity index (χ3v) is 2.09. The molecule has 0 aromatic carbocycles. The van der Waals surface area contributed by atoms with E-state index in [-0.39, 0.29) is 0 Å². The molecule has 0 unspecified atom stereocenters. The Morgan fingerprint density at radius 3 is 2.50 bits per heavy atom. The third-order valence-electron chi connectivity index (χ3n) is 1.21. The van der Waals surface area contributed by atoms with Gasteiger partial charge in [0.25, 0.3) is 0 Å². The summed E-state index contributed by atoms with van der Waals surface area (Å²) in [6, 6.07) is 0. The van der Waals surface area contributed by atoms with Crippen molar-refractivity contribution in [2.45, 2.75) is 13.7 Å². The number of hydrogen-bond donors (Lipinski definition) is 0. The van der Waals surface area contributed by atoms with Gasteiger partial charge in [-0.15, -0.1) is 0 Å². The van der Waals surface area contributed by atoms with Crippen molar-refractivity contribution in [1.29, 1.82) is 0 Å². The topological polar surface area (TPSA) is 0 Å². The number of hydrogen-bond acceptors (Lipinski definition) is 1. The molecule has 0 fully saturated rings. The molecule has 1 aromatic heterocycles. The lowest BCUT2D eigenvalue weighted by Crippen LogP contribution is -2.09. The lowest BCUT2D eigenvalue weighted by Gasteiger charge is -1.86. The van der Waals surface area contributed by atoms with Crippen LogP contribution in [0.1, 0.15) is 5.56 Å². The van der Waals surface area contributed by atoms with E-state index in [2.05, 4.69) is 31.8 Å². The van der Waals surface area contributed by atoms with E-state index >= 15 is 0 Å². The Hall–Kier alpha value is -0.235. The van der Waals surface area contributed by atoms with E-state index < -0.39 is 0 Å². The summed E-state index contributed by atoms with van der Waals surface area (Å²) in [7, 11) is 2.13. The maximum absolute atomic E-state index is 2.16. The second-order valence-corrected chi connectivity index (χ2v) is 2.54. The van der Waals surface area contributed by atoms with Crippen molar-refractivity contribution in [2.24, 2.45) is 0 Å². The molecule has 0 amide bonds. The van der Waals surface area contributed by atoms with Crippen molar-refractivity contribution in [1.82, 2.24) is 0 Å². The molecule has 1 rings (SSSR count). The maximum Gasteiger partial charge on any atom is 0.149 e. The molecule has 0 spiro atoms. The number of rotatable bonds is 1. The van der Waals surface area contributed by atoms with Crippen molar-refractivity contribution < 1.29 is 0 Å². The molecule has 0 nitrogen and oxygen atoms in total. The second-order valence-electron chi connectivity index (χ2n) is 1.80. The minimum atomic E-state index is 1.37. The summed E-state index contributed by atoms with van der Waals surface area (Å²) in [5.74, 6) is 0. The highest BCUT2D eigenvalue weighted by Crippen LogP contribution is 1.99. The zero-order chi connectivity index (χ0) is 5.98. The van der Waals surface area contributed by atoms with Crippen LogP contribution in [0.25, 0.3) is 0 Å². The van der Waals surface area contributed by atoms with E-state index in [0.29, 0.717) is 0 Å². The van der Waals surface area contributed by atoms with Gasteiger partial charge in [0, 0.05) is 0 Å². The maximum atomic E-state index is 2.16. The fraction of sp³-hybridized carbons (Fsp3) is 0.333. The van der Waals surface area contributed by atoms with Gasteiger partial charge in [0.1, 0.15) is 7.28 Å². The zero-order valence-electron chi connectivity index (χ0n) is 5.14. The van der Waals surface area contributed by atoms with Gasteiger partial charge in [0.05, 0.1) is 0 Å². The van der Waals surface area contributed by atoms with Gasteiger partial charge in [-0.3, -0.25) is 0 Å². The van der Waals surface area contributed by atoms with Crippen LogP contribution in [0, 0.1) is 6.92 Å². The average Bonchev–Trinajstić information content (AvgIpc) is 2.14. The lowest BCUT2D eigenvalue weighted by atomic mass is 9.73. The molecule has 1 aromatic rings. The average molecular weight is 123 g/mol. The van der Waals surface area contributed by atoms with Gasteiger partial charge in [0.2, 0.25) is 0 Å². The standard InChI is InChI=1S/C6H8BS/c1-5-3-8-4-6(5)7-2/h3-4H,1-2H3. The number of aryl methyl sites for hydroxylation is 1. The van der Waals surface area contributed by atoms with Crippen molar-refractivity contribution in [3.8, 4) is 0 Å². The van der Waals surface area contributed by atoms with E-state index in [1.54, 1.807) is 11.3 Å². The zero-order valence-corrected chi connectivity index (χ0v) is 5.96. The van der Waals surface area contributed by atoms with Gasteiger partial charge in [-0.1, -0.05) is 12.3 Å². The Kier molecular flexibility index (Phi) is 1.74. The molecule has 41 valence electrons. The van der Waals surface area contributed by atoms with Gasteiger partial charge >= 0.3 is 0 Å². The molecule has 0 atom stereocenters. The first-order valence-electron chi connectivity index (χ1n) is 2.66. The Morgan fingerprint density at radius 1 is 1.50 bits per heavy atom. The first kappa shape index (κ1) is 5.89. The highest BCUT2D eigenvalue weighted by atomic mass is 32.1. The highest BCUT2D eigenvalue weighted by molar-refractivity contribution is 7.09. The summed E-state index contributed by atoms with van der Waals surface area (Å²) >= 11 is 1.76. The minimum Gasteiger partial charge on any atom is -0.153 e.